The fourth-order valence-electron chi connectivity index (χ4n) is 5.25. The largest absolute Gasteiger partial charge is 0.361 e. The van der Waals surface area contributed by atoms with Gasteiger partial charge in [-0.25, -0.2) is 0 Å². The first-order valence-electron chi connectivity index (χ1n) is 11.4. The number of benzene rings is 2. The van der Waals surface area contributed by atoms with Crippen molar-refractivity contribution in [3.05, 3.63) is 71.4 Å². The average molecular weight is 402 g/mol. The highest BCUT2D eigenvalue weighted by molar-refractivity contribution is 5.88. The van der Waals surface area contributed by atoms with E-state index in [1.165, 1.54) is 36.9 Å². The molecule has 5 rings (SSSR count). The maximum absolute atomic E-state index is 12.6. The molecule has 1 aliphatic heterocycles. The van der Waals surface area contributed by atoms with E-state index in [-0.39, 0.29) is 5.91 Å². The van der Waals surface area contributed by atoms with Crippen molar-refractivity contribution in [2.24, 2.45) is 5.92 Å². The molecule has 30 heavy (non-hydrogen) atoms. The number of nitrogens with zero attached hydrogens (tertiary/aromatic N) is 1. The highest BCUT2D eigenvalue weighted by atomic mass is 16.1. The summed E-state index contributed by atoms with van der Waals surface area (Å²) in [7, 11) is 0. The van der Waals surface area contributed by atoms with E-state index >= 15 is 0 Å². The van der Waals surface area contributed by atoms with Crippen molar-refractivity contribution in [1.29, 1.82) is 0 Å². The fourth-order valence-corrected chi connectivity index (χ4v) is 5.25. The summed E-state index contributed by atoms with van der Waals surface area (Å²) in [5.41, 5.74) is 5.18. The molecular weight excluding hydrogens is 370 g/mol. The lowest BCUT2D eigenvalue weighted by molar-refractivity contribution is -0.121. The first-order valence-corrected chi connectivity index (χ1v) is 11.4. The third-order valence-electron chi connectivity index (χ3n) is 7.00. The highest BCUT2D eigenvalue weighted by Gasteiger charge is 2.24. The van der Waals surface area contributed by atoms with E-state index in [1.54, 1.807) is 0 Å². The molecule has 2 aliphatic rings. The number of nitrogens with one attached hydrogen (secondary N) is 2. The van der Waals surface area contributed by atoms with Crippen molar-refractivity contribution in [2.75, 3.05) is 6.54 Å². The monoisotopic (exact) mass is 401 g/mol. The number of amides is 1. The molecule has 0 unspecified atom stereocenters. The zero-order valence-corrected chi connectivity index (χ0v) is 17.6. The van der Waals surface area contributed by atoms with Gasteiger partial charge in [-0.05, 0) is 67.3 Å². The van der Waals surface area contributed by atoms with Crippen LogP contribution < -0.4 is 5.32 Å². The fraction of sp³-hybridized carbons (Fsp3) is 0.423. The molecule has 2 N–H and O–H groups in total. The summed E-state index contributed by atoms with van der Waals surface area (Å²) in [4.78, 5) is 18.4. The lowest BCUT2D eigenvalue weighted by Crippen LogP contribution is -2.38. The molecule has 0 saturated heterocycles. The topological polar surface area (TPSA) is 48.1 Å². The molecule has 0 radical (unpaired) electrons. The Morgan fingerprint density at radius 2 is 1.67 bits per heavy atom. The molecule has 1 saturated carbocycles. The van der Waals surface area contributed by atoms with E-state index in [0.29, 0.717) is 12.5 Å². The molecule has 1 amide bonds. The molecular formula is C26H31N3O. The van der Waals surface area contributed by atoms with Gasteiger partial charge in [0.15, 0.2) is 0 Å². The Morgan fingerprint density at radius 3 is 2.43 bits per heavy atom. The number of hydrogen-bond acceptors (Lipinski definition) is 2. The first kappa shape index (κ1) is 19.4. The molecule has 1 aliphatic carbocycles. The minimum atomic E-state index is 0.151. The summed E-state index contributed by atoms with van der Waals surface area (Å²) in [6, 6.07) is 17.3. The number of rotatable bonds is 6. The average Bonchev–Trinajstić information content (AvgIpc) is 3.37. The highest BCUT2D eigenvalue weighted by Crippen LogP contribution is 2.29. The van der Waals surface area contributed by atoms with Crippen LogP contribution in [0.5, 0.6) is 0 Å². The SMILES string of the molecule is O=C(Cc1c[nH]c2ccccc12)NC1CCC(CCN2Cc3ccccc3C2)CC1. The zero-order chi connectivity index (χ0) is 20.3. The summed E-state index contributed by atoms with van der Waals surface area (Å²) in [6.45, 7) is 3.40. The molecule has 4 nitrogen and oxygen atoms in total. The summed E-state index contributed by atoms with van der Waals surface area (Å²) in [5.74, 6) is 0.952. The Labute approximate surface area is 178 Å². The first-order chi connectivity index (χ1) is 14.7. The van der Waals surface area contributed by atoms with Crippen LogP contribution in [0, 0.1) is 5.92 Å². The lowest BCUT2D eigenvalue weighted by atomic mass is 9.84. The van der Waals surface area contributed by atoms with Crippen molar-refractivity contribution in [2.45, 2.75) is 57.7 Å². The van der Waals surface area contributed by atoms with Crippen LogP contribution in [0.3, 0.4) is 0 Å². The van der Waals surface area contributed by atoms with Gasteiger partial charge in [0, 0.05) is 36.2 Å². The Kier molecular flexibility index (Phi) is 5.58. The maximum Gasteiger partial charge on any atom is 0.224 e. The number of aromatic amines is 1. The Morgan fingerprint density at radius 1 is 0.967 bits per heavy atom. The number of hydrogen-bond donors (Lipinski definition) is 2. The van der Waals surface area contributed by atoms with E-state index in [2.05, 4.69) is 51.6 Å². The second-order valence-electron chi connectivity index (χ2n) is 9.09. The molecule has 1 fully saturated rings. The van der Waals surface area contributed by atoms with Gasteiger partial charge in [0.25, 0.3) is 0 Å². The summed E-state index contributed by atoms with van der Waals surface area (Å²) >= 11 is 0. The Hall–Kier alpha value is -2.59. The number of carbonyl (C=O) groups is 1. The zero-order valence-electron chi connectivity index (χ0n) is 17.6. The van der Waals surface area contributed by atoms with Crippen LogP contribution in [0.25, 0.3) is 10.9 Å². The van der Waals surface area contributed by atoms with Crippen LogP contribution in [-0.4, -0.2) is 28.4 Å². The van der Waals surface area contributed by atoms with E-state index in [0.717, 1.165) is 48.3 Å². The van der Waals surface area contributed by atoms with Gasteiger partial charge in [-0.2, -0.15) is 0 Å². The molecule has 2 aromatic carbocycles. The van der Waals surface area contributed by atoms with Gasteiger partial charge in [-0.3, -0.25) is 9.69 Å². The van der Waals surface area contributed by atoms with Gasteiger partial charge in [-0.15, -0.1) is 0 Å². The van der Waals surface area contributed by atoms with Gasteiger partial charge < -0.3 is 10.3 Å². The van der Waals surface area contributed by atoms with Crippen LogP contribution in [0.15, 0.2) is 54.7 Å². The molecule has 0 atom stereocenters. The maximum atomic E-state index is 12.6. The molecule has 3 aromatic rings. The van der Waals surface area contributed by atoms with Crippen molar-refractivity contribution in [1.82, 2.24) is 15.2 Å². The van der Waals surface area contributed by atoms with Gasteiger partial charge in [-0.1, -0.05) is 42.5 Å². The van der Waals surface area contributed by atoms with Crippen LogP contribution >= 0.6 is 0 Å². The summed E-state index contributed by atoms with van der Waals surface area (Å²) in [5, 5.41) is 4.44. The minimum Gasteiger partial charge on any atom is -0.361 e. The number of fused-ring (bicyclic) bond motifs is 2. The summed E-state index contributed by atoms with van der Waals surface area (Å²) in [6.07, 6.45) is 8.41. The van der Waals surface area contributed by atoms with Crippen molar-refractivity contribution < 1.29 is 4.79 Å². The third-order valence-corrected chi connectivity index (χ3v) is 7.00. The standard InChI is InChI=1S/C26H31N3O/c30-26(15-22-16-27-25-8-4-3-7-24(22)25)28-23-11-9-19(10-12-23)13-14-29-17-20-5-1-2-6-21(20)18-29/h1-8,16,19,23,27H,9-15,17-18H2,(H,28,30). The molecule has 1 aromatic heterocycles. The van der Waals surface area contributed by atoms with E-state index in [4.69, 9.17) is 0 Å². The molecule has 0 spiro atoms. The van der Waals surface area contributed by atoms with Crippen molar-refractivity contribution in [3.63, 3.8) is 0 Å². The second kappa shape index (κ2) is 8.65. The van der Waals surface area contributed by atoms with Crippen LogP contribution in [0.1, 0.15) is 48.8 Å². The Bertz CT molecular complexity index is 991. The number of para-hydroxylation sites is 1. The van der Waals surface area contributed by atoms with Crippen LogP contribution in [-0.2, 0) is 24.3 Å². The molecule has 0 bridgehead atoms. The van der Waals surface area contributed by atoms with Crippen molar-refractivity contribution >= 4 is 16.8 Å². The molecule has 2 heterocycles. The smallest absolute Gasteiger partial charge is 0.224 e. The normalized spacial score (nSPS) is 21.6. The van der Waals surface area contributed by atoms with Crippen molar-refractivity contribution in [3.8, 4) is 0 Å². The predicted octanol–water partition coefficient (Wildman–Crippen LogP) is 4.79. The molecule has 4 heteroatoms. The van der Waals surface area contributed by atoms with E-state index < -0.39 is 0 Å². The number of carbonyl (C=O) groups excluding carboxylic acids is 1. The van der Waals surface area contributed by atoms with Crippen LogP contribution in [0.2, 0.25) is 0 Å². The number of aromatic nitrogens is 1. The van der Waals surface area contributed by atoms with Gasteiger partial charge in [0.1, 0.15) is 0 Å². The summed E-state index contributed by atoms with van der Waals surface area (Å²) < 4.78 is 0. The number of H-pyrrole nitrogens is 1. The third kappa shape index (κ3) is 4.29. The van der Waals surface area contributed by atoms with Gasteiger partial charge in [0.2, 0.25) is 5.91 Å². The quantitative estimate of drug-likeness (QED) is 0.624. The second-order valence-corrected chi connectivity index (χ2v) is 9.09. The molecule has 156 valence electrons. The van der Waals surface area contributed by atoms with Gasteiger partial charge in [0.05, 0.1) is 6.42 Å². The van der Waals surface area contributed by atoms with Gasteiger partial charge >= 0.3 is 0 Å². The van der Waals surface area contributed by atoms with E-state index in [1.807, 2.05) is 18.3 Å². The van der Waals surface area contributed by atoms with Crippen LogP contribution in [0.4, 0.5) is 0 Å². The lowest BCUT2D eigenvalue weighted by Gasteiger charge is -2.30. The predicted molar refractivity (Wildman–Crippen MR) is 121 cm³/mol. The Balaban J connectivity index is 1.05. The van der Waals surface area contributed by atoms with E-state index in [9.17, 15) is 4.79 Å². The minimum absolute atomic E-state index is 0.151.